The maximum absolute atomic E-state index is 5.98. The van der Waals surface area contributed by atoms with Crippen molar-refractivity contribution in [3.63, 3.8) is 0 Å². The van der Waals surface area contributed by atoms with Crippen LogP contribution >= 0.6 is 23.3 Å². The zero-order valence-corrected chi connectivity index (χ0v) is 14.1. The van der Waals surface area contributed by atoms with Crippen molar-refractivity contribution in [3.8, 4) is 11.5 Å². The van der Waals surface area contributed by atoms with Crippen molar-refractivity contribution in [1.29, 1.82) is 0 Å². The highest BCUT2D eigenvalue weighted by atomic mass is 32.2. The van der Waals surface area contributed by atoms with E-state index in [1.807, 2.05) is 42.8 Å². The van der Waals surface area contributed by atoms with Gasteiger partial charge in [-0.25, -0.2) is 4.98 Å². The van der Waals surface area contributed by atoms with Crippen LogP contribution in [0.1, 0.15) is 17.8 Å². The third-order valence-electron chi connectivity index (χ3n) is 3.35. The number of nitrogens with zero attached hydrogens (tertiary/aromatic N) is 5. The van der Waals surface area contributed by atoms with Crippen LogP contribution in [-0.4, -0.2) is 30.7 Å². The number of fused-ring (bicyclic) bond motifs is 1. The first-order valence-corrected chi connectivity index (χ1v) is 8.55. The Kier molecular flexibility index (Phi) is 3.66. The fourth-order valence-electron chi connectivity index (χ4n) is 2.24. The largest absolute Gasteiger partial charge is 0.485 e. The standard InChI is InChI=1S/C14H13N5O2S2/c1-8-15-14(23-18-8)22-13-17-16-12(19(13)2)11-7-20-9-5-3-4-6-10(9)21-11/h3-6,11H,7H2,1-2H3. The monoisotopic (exact) mass is 347 g/mol. The molecule has 0 bridgehead atoms. The molecule has 4 rings (SSSR count). The summed E-state index contributed by atoms with van der Waals surface area (Å²) in [6.45, 7) is 2.28. The molecule has 0 spiro atoms. The molecule has 1 atom stereocenters. The molecule has 118 valence electrons. The van der Waals surface area contributed by atoms with Gasteiger partial charge in [0.2, 0.25) is 0 Å². The van der Waals surface area contributed by atoms with Gasteiger partial charge in [0.25, 0.3) is 0 Å². The highest BCUT2D eigenvalue weighted by Gasteiger charge is 2.27. The van der Waals surface area contributed by atoms with Crippen molar-refractivity contribution < 1.29 is 9.47 Å². The van der Waals surface area contributed by atoms with E-state index in [-0.39, 0.29) is 6.10 Å². The summed E-state index contributed by atoms with van der Waals surface area (Å²) in [6, 6.07) is 7.61. The van der Waals surface area contributed by atoms with Crippen molar-refractivity contribution in [1.82, 2.24) is 24.1 Å². The summed E-state index contributed by atoms with van der Waals surface area (Å²) >= 11 is 2.80. The second-order valence-corrected chi connectivity index (χ2v) is 6.94. The second kappa shape index (κ2) is 5.82. The van der Waals surface area contributed by atoms with E-state index < -0.39 is 0 Å². The van der Waals surface area contributed by atoms with E-state index in [4.69, 9.17) is 9.47 Å². The first-order chi connectivity index (χ1) is 11.2. The van der Waals surface area contributed by atoms with E-state index in [0.29, 0.717) is 6.61 Å². The number of ether oxygens (including phenoxy) is 2. The van der Waals surface area contributed by atoms with Crippen LogP contribution in [0.4, 0.5) is 0 Å². The number of benzene rings is 1. The van der Waals surface area contributed by atoms with Gasteiger partial charge in [-0.3, -0.25) is 0 Å². The fraction of sp³-hybridized carbons (Fsp3) is 0.286. The Morgan fingerprint density at radius 3 is 2.87 bits per heavy atom. The summed E-state index contributed by atoms with van der Waals surface area (Å²) in [5.74, 6) is 2.97. The molecule has 0 amide bonds. The van der Waals surface area contributed by atoms with Gasteiger partial charge in [0.1, 0.15) is 12.4 Å². The van der Waals surface area contributed by atoms with Gasteiger partial charge >= 0.3 is 0 Å². The average molecular weight is 347 g/mol. The predicted molar refractivity (Wildman–Crippen MR) is 85.1 cm³/mol. The average Bonchev–Trinajstić information content (AvgIpc) is 3.14. The SMILES string of the molecule is Cc1nsc(Sc2nnc(C3COc4ccccc4O3)n2C)n1. The summed E-state index contributed by atoms with van der Waals surface area (Å²) in [6.07, 6.45) is -0.284. The topological polar surface area (TPSA) is 75.0 Å². The highest BCUT2D eigenvalue weighted by molar-refractivity contribution is 8.00. The van der Waals surface area contributed by atoms with Crippen LogP contribution in [0.3, 0.4) is 0 Å². The zero-order valence-electron chi connectivity index (χ0n) is 12.5. The van der Waals surface area contributed by atoms with Crippen LogP contribution in [0.2, 0.25) is 0 Å². The number of aromatic nitrogens is 5. The van der Waals surface area contributed by atoms with Crippen molar-refractivity contribution >= 4 is 23.3 Å². The predicted octanol–water partition coefficient (Wildman–Crippen LogP) is 2.64. The maximum Gasteiger partial charge on any atom is 0.198 e. The molecule has 1 aliphatic rings. The number of rotatable bonds is 3. The molecule has 0 radical (unpaired) electrons. The number of hydrogen-bond acceptors (Lipinski definition) is 8. The van der Waals surface area contributed by atoms with E-state index in [1.54, 1.807) is 0 Å². The summed E-state index contributed by atoms with van der Waals surface area (Å²) in [7, 11) is 1.91. The Labute approximate surface area is 140 Å². The molecule has 2 aromatic heterocycles. The molecule has 9 heteroatoms. The number of para-hydroxylation sites is 2. The lowest BCUT2D eigenvalue weighted by Crippen LogP contribution is -2.24. The Bertz CT molecular complexity index is 847. The Morgan fingerprint density at radius 2 is 2.09 bits per heavy atom. The molecule has 1 unspecified atom stereocenters. The lowest BCUT2D eigenvalue weighted by Gasteiger charge is -2.25. The molecule has 1 aliphatic heterocycles. The Morgan fingerprint density at radius 1 is 1.26 bits per heavy atom. The number of aryl methyl sites for hydroxylation is 1. The minimum absolute atomic E-state index is 0.284. The summed E-state index contributed by atoms with van der Waals surface area (Å²) in [4.78, 5) is 4.33. The second-order valence-electron chi connectivity index (χ2n) is 4.97. The van der Waals surface area contributed by atoms with Crippen molar-refractivity contribution in [2.75, 3.05) is 6.61 Å². The van der Waals surface area contributed by atoms with Gasteiger partial charge in [-0.15, -0.1) is 10.2 Å². The van der Waals surface area contributed by atoms with Gasteiger partial charge in [-0.2, -0.15) is 4.37 Å². The molecule has 1 aromatic carbocycles. The highest BCUT2D eigenvalue weighted by Crippen LogP contribution is 2.36. The first-order valence-electron chi connectivity index (χ1n) is 6.96. The molecule has 7 nitrogen and oxygen atoms in total. The molecular formula is C14H13N5O2S2. The quantitative estimate of drug-likeness (QED) is 0.721. The van der Waals surface area contributed by atoms with Gasteiger partial charge in [0.05, 0.1) is 0 Å². The van der Waals surface area contributed by atoms with Crippen molar-refractivity contribution in [2.45, 2.75) is 22.5 Å². The third-order valence-corrected chi connectivity index (χ3v) is 5.23. The van der Waals surface area contributed by atoms with E-state index in [1.165, 1.54) is 23.3 Å². The molecule has 3 heterocycles. The lowest BCUT2D eigenvalue weighted by molar-refractivity contribution is 0.0825. The minimum atomic E-state index is -0.284. The van der Waals surface area contributed by atoms with Gasteiger partial charge < -0.3 is 14.0 Å². The van der Waals surface area contributed by atoms with Gasteiger partial charge in [-0.05, 0) is 42.4 Å². The number of hydrogen-bond donors (Lipinski definition) is 0. The first kappa shape index (κ1) is 14.5. The maximum atomic E-state index is 5.98. The minimum Gasteiger partial charge on any atom is -0.485 e. The Balaban J connectivity index is 1.56. The van der Waals surface area contributed by atoms with Crippen LogP contribution in [-0.2, 0) is 7.05 Å². The van der Waals surface area contributed by atoms with Gasteiger partial charge in [0.15, 0.2) is 32.9 Å². The molecule has 0 saturated carbocycles. The van der Waals surface area contributed by atoms with Crippen LogP contribution in [0, 0.1) is 6.92 Å². The lowest BCUT2D eigenvalue weighted by atomic mass is 10.2. The normalized spacial score (nSPS) is 16.5. The third kappa shape index (κ3) is 2.77. The van der Waals surface area contributed by atoms with Crippen LogP contribution in [0.5, 0.6) is 11.5 Å². The van der Waals surface area contributed by atoms with E-state index in [2.05, 4.69) is 19.6 Å². The summed E-state index contributed by atoms with van der Waals surface area (Å²) in [5.41, 5.74) is 0. The van der Waals surface area contributed by atoms with Gasteiger partial charge in [-0.1, -0.05) is 12.1 Å². The molecular weight excluding hydrogens is 334 g/mol. The summed E-state index contributed by atoms with van der Waals surface area (Å²) in [5, 5.41) is 9.24. The molecule has 0 saturated heterocycles. The molecule has 0 aliphatic carbocycles. The fourth-order valence-corrected chi connectivity index (χ4v) is 3.79. The van der Waals surface area contributed by atoms with E-state index in [9.17, 15) is 0 Å². The van der Waals surface area contributed by atoms with E-state index in [0.717, 1.165) is 32.6 Å². The van der Waals surface area contributed by atoms with Gasteiger partial charge in [0, 0.05) is 7.05 Å². The molecule has 3 aromatic rings. The van der Waals surface area contributed by atoms with Crippen LogP contribution in [0.25, 0.3) is 0 Å². The van der Waals surface area contributed by atoms with Crippen LogP contribution < -0.4 is 9.47 Å². The molecule has 23 heavy (non-hydrogen) atoms. The van der Waals surface area contributed by atoms with E-state index >= 15 is 0 Å². The molecule has 0 N–H and O–H groups in total. The smallest absolute Gasteiger partial charge is 0.198 e. The summed E-state index contributed by atoms with van der Waals surface area (Å²) < 4.78 is 18.6. The van der Waals surface area contributed by atoms with Crippen molar-refractivity contribution in [3.05, 3.63) is 35.9 Å². The molecule has 0 fully saturated rings. The van der Waals surface area contributed by atoms with Crippen molar-refractivity contribution in [2.24, 2.45) is 7.05 Å². The zero-order chi connectivity index (χ0) is 15.8. The Hall–Kier alpha value is -2.13. The van der Waals surface area contributed by atoms with Crippen LogP contribution in [0.15, 0.2) is 33.8 Å².